The first-order valence-corrected chi connectivity index (χ1v) is 10.1. The number of rotatable bonds is 6. The zero-order valence-electron chi connectivity index (χ0n) is 14.6. The topological polar surface area (TPSA) is 104 Å². The summed E-state index contributed by atoms with van der Waals surface area (Å²) < 4.78 is 22.8. The Morgan fingerprint density at radius 3 is 2.27 bits per heavy atom. The van der Waals surface area contributed by atoms with E-state index in [4.69, 9.17) is 0 Å². The van der Waals surface area contributed by atoms with Crippen LogP contribution in [0.3, 0.4) is 0 Å². The second-order valence-corrected chi connectivity index (χ2v) is 7.93. The lowest BCUT2D eigenvalue weighted by Crippen LogP contribution is -2.28. The van der Waals surface area contributed by atoms with Crippen molar-refractivity contribution in [1.29, 1.82) is 0 Å². The molecular weight excluding hydrogens is 354 g/mol. The van der Waals surface area contributed by atoms with Gasteiger partial charge in [-0.25, -0.2) is 13.2 Å². The van der Waals surface area contributed by atoms with Gasteiger partial charge in [-0.3, -0.25) is 4.79 Å². The van der Waals surface area contributed by atoms with Crippen LogP contribution in [0.2, 0.25) is 0 Å². The Balaban J connectivity index is 2.10. The molecule has 0 heterocycles. The lowest BCUT2D eigenvalue weighted by molar-refractivity contribution is 0.102. The predicted octanol–water partition coefficient (Wildman–Crippen LogP) is 2.62. The molecule has 0 aliphatic rings. The van der Waals surface area contributed by atoms with Crippen LogP contribution in [0.15, 0.2) is 48.5 Å². The van der Waals surface area contributed by atoms with Gasteiger partial charge in [-0.1, -0.05) is 18.2 Å². The van der Waals surface area contributed by atoms with Crippen LogP contribution in [0.1, 0.15) is 22.8 Å². The summed E-state index contributed by atoms with van der Waals surface area (Å²) in [5.41, 5.74) is 1.96. The molecule has 3 amide bonds. The van der Waals surface area contributed by atoms with Gasteiger partial charge in [-0.2, -0.15) is 0 Å². The molecular formula is C18H21N3O4S. The van der Waals surface area contributed by atoms with Crippen LogP contribution in [-0.4, -0.2) is 33.2 Å². The molecule has 0 saturated heterocycles. The lowest BCUT2D eigenvalue weighted by Gasteiger charge is -2.10. The number of sulfone groups is 1. The molecule has 3 N–H and O–H groups in total. The zero-order chi connectivity index (χ0) is 19.2. The smallest absolute Gasteiger partial charge is 0.319 e. The molecule has 2 aromatic carbocycles. The van der Waals surface area contributed by atoms with E-state index < -0.39 is 9.84 Å². The van der Waals surface area contributed by atoms with Crippen molar-refractivity contribution < 1.29 is 18.0 Å². The summed E-state index contributed by atoms with van der Waals surface area (Å²) in [6.45, 7) is 2.32. The Kier molecular flexibility index (Phi) is 6.35. The number of hydrogen-bond donors (Lipinski definition) is 3. The molecule has 0 aliphatic heterocycles. The van der Waals surface area contributed by atoms with E-state index in [1.54, 1.807) is 48.5 Å². The van der Waals surface area contributed by atoms with Gasteiger partial charge in [0.1, 0.15) is 0 Å². The van der Waals surface area contributed by atoms with Gasteiger partial charge in [-0.05, 0) is 42.8 Å². The van der Waals surface area contributed by atoms with Crippen molar-refractivity contribution >= 4 is 33.2 Å². The van der Waals surface area contributed by atoms with Crippen LogP contribution in [0.4, 0.5) is 16.2 Å². The molecule has 26 heavy (non-hydrogen) atoms. The molecule has 0 saturated carbocycles. The zero-order valence-corrected chi connectivity index (χ0v) is 15.4. The number of carbonyl (C=O) groups is 2. The average molecular weight is 375 g/mol. The number of amides is 3. The van der Waals surface area contributed by atoms with E-state index in [0.717, 1.165) is 6.26 Å². The van der Waals surface area contributed by atoms with Crippen molar-refractivity contribution in [2.75, 3.05) is 23.4 Å². The number of hydrogen-bond acceptors (Lipinski definition) is 4. The Hall–Kier alpha value is -2.87. The summed E-state index contributed by atoms with van der Waals surface area (Å²) in [5.74, 6) is -0.490. The van der Waals surface area contributed by atoms with Crippen molar-refractivity contribution in [1.82, 2.24) is 5.32 Å². The summed E-state index contributed by atoms with van der Waals surface area (Å²) in [7, 11) is -3.18. The van der Waals surface area contributed by atoms with Crippen LogP contribution < -0.4 is 16.0 Å². The van der Waals surface area contributed by atoms with Gasteiger partial charge >= 0.3 is 6.03 Å². The predicted molar refractivity (Wildman–Crippen MR) is 102 cm³/mol. The molecule has 7 nitrogen and oxygen atoms in total. The lowest BCUT2D eigenvalue weighted by atomic mass is 10.1. The first-order valence-electron chi connectivity index (χ1n) is 8.00. The quantitative estimate of drug-likeness (QED) is 0.722. The van der Waals surface area contributed by atoms with Gasteiger partial charge in [0.2, 0.25) is 0 Å². The van der Waals surface area contributed by atoms with Gasteiger partial charge in [0, 0.05) is 29.7 Å². The third kappa shape index (κ3) is 6.21. The van der Waals surface area contributed by atoms with Gasteiger partial charge in [0.25, 0.3) is 5.91 Å². The summed E-state index contributed by atoms with van der Waals surface area (Å²) in [6.07, 6.45) is 1.15. The number of benzene rings is 2. The molecule has 138 valence electrons. The SMILES string of the molecule is CCNC(=O)Nc1cccc(NC(=O)c2cccc(CS(C)(=O)=O)c2)c1. The first-order chi connectivity index (χ1) is 12.3. The highest BCUT2D eigenvalue weighted by atomic mass is 32.2. The monoisotopic (exact) mass is 375 g/mol. The van der Waals surface area contributed by atoms with Crippen molar-refractivity contribution in [3.8, 4) is 0 Å². The van der Waals surface area contributed by atoms with E-state index in [1.807, 2.05) is 6.92 Å². The minimum absolute atomic E-state index is 0.125. The Morgan fingerprint density at radius 1 is 0.962 bits per heavy atom. The van der Waals surface area contributed by atoms with E-state index in [0.29, 0.717) is 29.0 Å². The van der Waals surface area contributed by atoms with Gasteiger partial charge in [0.05, 0.1) is 5.75 Å². The largest absolute Gasteiger partial charge is 0.338 e. The van der Waals surface area contributed by atoms with Crippen molar-refractivity contribution in [3.05, 3.63) is 59.7 Å². The van der Waals surface area contributed by atoms with Gasteiger partial charge in [0.15, 0.2) is 9.84 Å². The maximum absolute atomic E-state index is 12.4. The number of carbonyl (C=O) groups excluding carboxylic acids is 2. The highest BCUT2D eigenvalue weighted by Gasteiger charge is 2.10. The van der Waals surface area contributed by atoms with Crippen LogP contribution >= 0.6 is 0 Å². The standard InChI is InChI=1S/C18H21N3O4S/c1-3-19-18(23)21-16-9-5-8-15(11-16)20-17(22)14-7-4-6-13(10-14)12-26(2,24)25/h4-11H,3,12H2,1-2H3,(H,20,22)(H2,19,21,23). The molecule has 2 aromatic rings. The highest BCUT2D eigenvalue weighted by molar-refractivity contribution is 7.89. The number of nitrogens with one attached hydrogen (secondary N) is 3. The second kappa shape index (κ2) is 8.48. The Bertz CT molecular complexity index is 910. The normalized spacial score (nSPS) is 10.8. The summed E-state index contributed by atoms with van der Waals surface area (Å²) in [6, 6.07) is 12.9. The van der Waals surface area contributed by atoms with Crippen molar-refractivity contribution in [2.24, 2.45) is 0 Å². The second-order valence-electron chi connectivity index (χ2n) is 5.79. The average Bonchev–Trinajstić information content (AvgIpc) is 2.54. The Morgan fingerprint density at radius 2 is 1.62 bits per heavy atom. The van der Waals surface area contributed by atoms with Crippen molar-refractivity contribution in [3.63, 3.8) is 0 Å². The fourth-order valence-electron chi connectivity index (χ4n) is 2.32. The molecule has 0 bridgehead atoms. The summed E-state index contributed by atoms with van der Waals surface area (Å²) in [5, 5.41) is 8.02. The van der Waals surface area contributed by atoms with Crippen LogP contribution in [-0.2, 0) is 15.6 Å². The van der Waals surface area contributed by atoms with E-state index in [1.165, 1.54) is 0 Å². The molecule has 0 aromatic heterocycles. The summed E-state index contributed by atoms with van der Waals surface area (Å²) >= 11 is 0. The van der Waals surface area contributed by atoms with E-state index >= 15 is 0 Å². The van der Waals surface area contributed by atoms with Crippen LogP contribution in [0.25, 0.3) is 0 Å². The van der Waals surface area contributed by atoms with E-state index in [-0.39, 0.29) is 17.7 Å². The maximum atomic E-state index is 12.4. The third-order valence-corrected chi connectivity index (χ3v) is 4.19. The molecule has 8 heteroatoms. The molecule has 0 unspecified atom stereocenters. The first kappa shape index (κ1) is 19.5. The van der Waals surface area contributed by atoms with Gasteiger partial charge < -0.3 is 16.0 Å². The molecule has 0 atom stereocenters. The third-order valence-electron chi connectivity index (χ3n) is 3.33. The fourth-order valence-corrected chi connectivity index (χ4v) is 3.10. The van der Waals surface area contributed by atoms with Gasteiger partial charge in [-0.15, -0.1) is 0 Å². The summed E-state index contributed by atoms with van der Waals surface area (Å²) in [4.78, 5) is 24.0. The Labute approximate surface area is 152 Å². The van der Waals surface area contributed by atoms with Crippen LogP contribution in [0, 0.1) is 0 Å². The number of anilines is 2. The minimum Gasteiger partial charge on any atom is -0.338 e. The van der Waals surface area contributed by atoms with Crippen molar-refractivity contribution in [2.45, 2.75) is 12.7 Å². The van der Waals surface area contributed by atoms with E-state index in [9.17, 15) is 18.0 Å². The minimum atomic E-state index is -3.18. The molecule has 0 aliphatic carbocycles. The molecule has 0 fully saturated rings. The molecule has 2 rings (SSSR count). The fraction of sp³-hybridized carbons (Fsp3) is 0.222. The highest BCUT2D eigenvalue weighted by Crippen LogP contribution is 2.17. The molecule has 0 radical (unpaired) electrons. The van der Waals surface area contributed by atoms with E-state index in [2.05, 4.69) is 16.0 Å². The van der Waals surface area contributed by atoms with Crippen LogP contribution in [0.5, 0.6) is 0 Å². The maximum Gasteiger partial charge on any atom is 0.319 e. The number of urea groups is 1. The molecule has 0 spiro atoms.